The van der Waals surface area contributed by atoms with E-state index in [-0.39, 0.29) is 6.04 Å². The molecule has 0 fully saturated rings. The lowest BCUT2D eigenvalue weighted by atomic mass is 9.96. The molecule has 0 saturated carbocycles. The van der Waals surface area contributed by atoms with Crippen LogP contribution in [0.2, 0.25) is 0 Å². The maximum absolute atomic E-state index is 6.06. The molecule has 2 aromatic carbocycles. The third-order valence-corrected chi connectivity index (χ3v) is 3.84. The molecule has 0 radical (unpaired) electrons. The summed E-state index contributed by atoms with van der Waals surface area (Å²) < 4.78 is 1.00. The molecule has 0 amide bonds. The summed E-state index contributed by atoms with van der Waals surface area (Å²) in [5.41, 5.74) is 14.5. The standard InChI is InChI=1S/C16H20BrN3/c1-10-5-11(2)7-12(6-10)8-16(20-19)14-9-13(17)3-4-15(14)18/h3-7,9,16,20H,8,18-19H2,1-2H3. The summed E-state index contributed by atoms with van der Waals surface area (Å²) in [5, 5.41) is 0. The van der Waals surface area contributed by atoms with Crippen molar-refractivity contribution in [1.82, 2.24) is 5.43 Å². The number of rotatable bonds is 4. The Bertz CT molecular complexity index is 590. The van der Waals surface area contributed by atoms with Crippen LogP contribution in [-0.2, 0) is 6.42 Å². The van der Waals surface area contributed by atoms with E-state index in [9.17, 15) is 0 Å². The number of benzene rings is 2. The smallest absolute Gasteiger partial charge is 0.0521 e. The molecule has 5 N–H and O–H groups in total. The van der Waals surface area contributed by atoms with Crippen LogP contribution in [0.3, 0.4) is 0 Å². The first-order valence-electron chi connectivity index (χ1n) is 6.58. The maximum Gasteiger partial charge on any atom is 0.0521 e. The number of halogens is 1. The van der Waals surface area contributed by atoms with Crippen molar-refractivity contribution in [2.75, 3.05) is 5.73 Å². The average molecular weight is 334 g/mol. The van der Waals surface area contributed by atoms with Crippen molar-refractivity contribution in [2.24, 2.45) is 5.84 Å². The van der Waals surface area contributed by atoms with Gasteiger partial charge in [0.1, 0.15) is 0 Å². The van der Waals surface area contributed by atoms with E-state index in [1.807, 2.05) is 18.2 Å². The highest BCUT2D eigenvalue weighted by molar-refractivity contribution is 9.10. The van der Waals surface area contributed by atoms with Crippen LogP contribution in [0.5, 0.6) is 0 Å². The molecule has 1 atom stereocenters. The highest BCUT2D eigenvalue weighted by Crippen LogP contribution is 2.27. The van der Waals surface area contributed by atoms with Crippen LogP contribution < -0.4 is 17.0 Å². The van der Waals surface area contributed by atoms with Crippen LogP contribution >= 0.6 is 15.9 Å². The predicted molar refractivity (Wildman–Crippen MR) is 88.2 cm³/mol. The number of hydrogen-bond donors (Lipinski definition) is 3. The Morgan fingerprint density at radius 3 is 2.35 bits per heavy atom. The van der Waals surface area contributed by atoms with Crippen molar-refractivity contribution >= 4 is 21.6 Å². The van der Waals surface area contributed by atoms with Crippen molar-refractivity contribution in [3.8, 4) is 0 Å². The summed E-state index contributed by atoms with van der Waals surface area (Å²) in [4.78, 5) is 0. The lowest BCUT2D eigenvalue weighted by Crippen LogP contribution is -2.30. The topological polar surface area (TPSA) is 64.1 Å². The van der Waals surface area contributed by atoms with E-state index in [0.717, 1.165) is 22.1 Å². The number of hydrogen-bond acceptors (Lipinski definition) is 3. The number of aryl methyl sites for hydroxylation is 2. The van der Waals surface area contributed by atoms with Crippen molar-refractivity contribution in [3.63, 3.8) is 0 Å². The van der Waals surface area contributed by atoms with Gasteiger partial charge in [-0.2, -0.15) is 0 Å². The van der Waals surface area contributed by atoms with Crippen molar-refractivity contribution in [1.29, 1.82) is 0 Å². The number of nitrogens with two attached hydrogens (primary N) is 2. The molecule has 3 nitrogen and oxygen atoms in total. The Labute approximate surface area is 128 Å². The summed E-state index contributed by atoms with van der Waals surface area (Å²) in [6.45, 7) is 4.21. The lowest BCUT2D eigenvalue weighted by Gasteiger charge is -2.19. The third-order valence-electron chi connectivity index (χ3n) is 3.35. The Balaban J connectivity index is 2.31. The molecule has 0 aliphatic rings. The molecule has 2 rings (SSSR count). The van der Waals surface area contributed by atoms with E-state index < -0.39 is 0 Å². The van der Waals surface area contributed by atoms with Gasteiger partial charge in [-0.15, -0.1) is 0 Å². The second kappa shape index (κ2) is 6.39. The molecule has 1 unspecified atom stereocenters. The number of anilines is 1. The zero-order chi connectivity index (χ0) is 14.7. The molecule has 106 valence electrons. The Morgan fingerprint density at radius 2 is 1.75 bits per heavy atom. The SMILES string of the molecule is Cc1cc(C)cc(CC(NN)c2cc(Br)ccc2N)c1. The fourth-order valence-corrected chi connectivity index (χ4v) is 2.91. The van der Waals surface area contributed by atoms with Gasteiger partial charge < -0.3 is 5.73 Å². The second-order valence-corrected chi connectivity index (χ2v) is 6.11. The lowest BCUT2D eigenvalue weighted by molar-refractivity contribution is 0.553. The molecule has 0 aliphatic carbocycles. The first-order valence-corrected chi connectivity index (χ1v) is 7.37. The minimum absolute atomic E-state index is 0.00583. The minimum atomic E-state index is -0.00583. The molecule has 0 bridgehead atoms. The zero-order valence-electron chi connectivity index (χ0n) is 11.8. The van der Waals surface area contributed by atoms with Gasteiger partial charge in [0.05, 0.1) is 6.04 Å². The molecular weight excluding hydrogens is 314 g/mol. The van der Waals surface area contributed by atoms with Gasteiger partial charge in [0.2, 0.25) is 0 Å². The zero-order valence-corrected chi connectivity index (χ0v) is 13.4. The molecule has 0 aromatic heterocycles. The monoisotopic (exact) mass is 333 g/mol. The molecule has 0 saturated heterocycles. The van der Waals surface area contributed by atoms with E-state index in [4.69, 9.17) is 11.6 Å². The molecule has 0 spiro atoms. The third kappa shape index (κ3) is 3.60. The second-order valence-electron chi connectivity index (χ2n) is 5.19. The summed E-state index contributed by atoms with van der Waals surface area (Å²) in [6, 6.07) is 12.4. The number of nitrogen functional groups attached to an aromatic ring is 1. The average Bonchev–Trinajstić information content (AvgIpc) is 2.38. The van der Waals surface area contributed by atoms with Crippen molar-refractivity contribution in [3.05, 3.63) is 63.1 Å². The van der Waals surface area contributed by atoms with E-state index in [1.54, 1.807) is 0 Å². The minimum Gasteiger partial charge on any atom is -0.398 e. The van der Waals surface area contributed by atoms with Crippen LogP contribution in [0.4, 0.5) is 5.69 Å². The normalized spacial score (nSPS) is 12.4. The largest absolute Gasteiger partial charge is 0.398 e. The Kier molecular flexibility index (Phi) is 4.81. The van der Waals surface area contributed by atoms with Gasteiger partial charge in [-0.05, 0) is 49.6 Å². The molecule has 20 heavy (non-hydrogen) atoms. The molecule has 0 aliphatic heterocycles. The quantitative estimate of drug-likeness (QED) is 0.456. The van der Waals surface area contributed by atoms with Gasteiger partial charge in [-0.1, -0.05) is 45.3 Å². The number of hydrazine groups is 1. The van der Waals surface area contributed by atoms with Gasteiger partial charge in [-0.25, -0.2) is 0 Å². The fourth-order valence-electron chi connectivity index (χ4n) is 2.53. The number of nitrogens with one attached hydrogen (secondary N) is 1. The summed E-state index contributed by atoms with van der Waals surface area (Å²) in [5.74, 6) is 5.73. The van der Waals surface area contributed by atoms with Crippen molar-refractivity contribution in [2.45, 2.75) is 26.3 Å². The summed E-state index contributed by atoms with van der Waals surface area (Å²) in [7, 11) is 0. The molecule has 0 heterocycles. The van der Waals surface area contributed by atoms with Crippen LogP contribution in [-0.4, -0.2) is 0 Å². The molecule has 2 aromatic rings. The summed E-state index contributed by atoms with van der Waals surface area (Å²) in [6.07, 6.45) is 0.805. The van der Waals surface area contributed by atoms with E-state index in [2.05, 4.69) is 53.4 Å². The van der Waals surface area contributed by atoms with E-state index in [0.29, 0.717) is 0 Å². The van der Waals surface area contributed by atoms with Gasteiger partial charge in [0.25, 0.3) is 0 Å². The highest BCUT2D eigenvalue weighted by Gasteiger charge is 2.14. The Morgan fingerprint density at radius 1 is 1.10 bits per heavy atom. The highest BCUT2D eigenvalue weighted by atomic mass is 79.9. The molecular formula is C16H20BrN3. The van der Waals surface area contributed by atoms with Crippen LogP contribution in [0, 0.1) is 13.8 Å². The van der Waals surface area contributed by atoms with Crippen LogP contribution in [0.25, 0.3) is 0 Å². The van der Waals surface area contributed by atoms with Gasteiger partial charge in [0.15, 0.2) is 0 Å². The van der Waals surface area contributed by atoms with Gasteiger partial charge in [0, 0.05) is 10.2 Å². The Hall–Kier alpha value is -1.36. The maximum atomic E-state index is 6.06. The fraction of sp³-hybridized carbons (Fsp3) is 0.250. The van der Waals surface area contributed by atoms with Crippen LogP contribution in [0.1, 0.15) is 28.3 Å². The van der Waals surface area contributed by atoms with Crippen molar-refractivity contribution < 1.29 is 0 Å². The van der Waals surface area contributed by atoms with Crippen LogP contribution in [0.15, 0.2) is 40.9 Å². The molecule has 4 heteroatoms. The first kappa shape index (κ1) is 15.0. The summed E-state index contributed by atoms with van der Waals surface area (Å²) >= 11 is 3.48. The van der Waals surface area contributed by atoms with E-state index in [1.165, 1.54) is 16.7 Å². The first-order chi connectivity index (χ1) is 9.49. The van der Waals surface area contributed by atoms with Gasteiger partial charge in [-0.3, -0.25) is 11.3 Å². The van der Waals surface area contributed by atoms with E-state index >= 15 is 0 Å². The van der Waals surface area contributed by atoms with Gasteiger partial charge >= 0.3 is 0 Å². The predicted octanol–water partition coefficient (Wildman–Crippen LogP) is 3.40.